The molecule has 0 bridgehead atoms. The zero-order chi connectivity index (χ0) is 27.3. The molecule has 1 aliphatic heterocycles. The van der Waals surface area contributed by atoms with Crippen LogP contribution < -0.4 is 5.32 Å². The Kier molecular flexibility index (Phi) is 7.78. The molecule has 17 heteroatoms. The maximum Gasteiger partial charge on any atom is 0.253 e. The van der Waals surface area contributed by atoms with Gasteiger partial charge in [-0.25, -0.2) is 18.7 Å². The van der Waals surface area contributed by atoms with Gasteiger partial charge in [-0.15, -0.1) is 0 Å². The number of benzene rings is 1. The maximum atomic E-state index is 16.8. The topological polar surface area (TPSA) is 58.1 Å². The van der Waals surface area contributed by atoms with E-state index in [1.165, 1.54) is 18.2 Å². The molecule has 0 saturated carbocycles. The van der Waals surface area contributed by atoms with E-state index < -0.39 is 27.4 Å². The first-order chi connectivity index (χ1) is 16.3. The second kappa shape index (κ2) is 9.65. The fourth-order valence-corrected chi connectivity index (χ4v) is 4.86. The van der Waals surface area contributed by atoms with E-state index in [1.807, 2.05) is 59.5 Å². The third-order valence-corrected chi connectivity index (χ3v) is 7.80. The van der Waals surface area contributed by atoms with E-state index in [2.05, 4.69) is 38.8 Å². The van der Waals surface area contributed by atoms with Crippen molar-refractivity contribution in [2.24, 2.45) is 0 Å². The summed E-state index contributed by atoms with van der Waals surface area (Å²) in [4.78, 5) is 24.2. The Hall–Kier alpha value is -1.54. The lowest BCUT2D eigenvalue weighted by molar-refractivity contribution is 0.0146. The molecular weight excluding hydrogens is 471 g/mol. The van der Waals surface area contributed by atoms with Crippen LogP contribution in [-0.4, -0.2) is 115 Å². The Balaban J connectivity index is 1.80. The first-order valence-electron chi connectivity index (χ1n) is 12.3. The number of piperidine rings is 1. The van der Waals surface area contributed by atoms with E-state index in [0.29, 0.717) is 5.82 Å². The highest BCUT2D eigenvalue weighted by Gasteiger charge is 2.56. The van der Waals surface area contributed by atoms with Crippen molar-refractivity contribution in [3.8, 4) is 0 Å². The van der Waals surface area contributed by atoms with Crippen LogP contribution in [0.3, 0.4) is 0 Å². The highest BCUT2D eigenvalue weighted by atomic mass is 35.5. The van der Waals surface area contributed by atoms with E-state index in [4.69, 9.17) is 11.6 Å². The van der Waals surface area contributed by atoms with Crippen molar-refractivity contribution in [2.45, 2.75) is 33.1 Å². The number of likely N-dealkylation sites (tertiary alicyclic amines) is 1. The molecule has 0 radical (unpaired) electrons. The molecule has 1 aromatic carbocycles. The van der Waals surface area contributed by atoms with Crippen molar-refractivity contribution in [1.82, 2.24) is 20.2 Å². The third kappa shape index (κ3) is 5.80. The minimum Gasteiger partial charge on any atom is -0.350 e. The second-order valence-corrected chi connectivity index (χ2v) is 13.3. The number of hydrogen-bond donors (Lipinski definition) is 1. The number of carbonyl (C=O) groups is 1. The lowest BCUT2D eigenvalue weighted by Crippen LogP contribution is -2.69. The summed E-state index contributed by atoms with van der Waals surface area (Å²) >= 11 is 5.91. The number of nitrogens with one attached hydrogen (secondary N) is 1. The second-order valence-electron chi connectivity index (χ2n) is 12.9. The zero-order valence-corrected chi connectivity index (χ0v) is 23.6. The summed E-state index contributed by atoms with van der Waals surface area (Å²) in [5.74, 6) is -0.283. The molecular formula is C19H30B9ClF2N4O. The fraction of sp³-hybridized carbons (Fsp3) is 0.421. The summed E-state index contributed by atoms with van der Waals surface area (Å²) in [5.41, 5.74) is -0.297. The van der Waals surface area contributed by atoms with Crippen molar-refractivity contribution >= 4 is 88.1 Å². The molecule has 1 aliphatic rings. The van der Waals surface area contributed by atoms with E-state index in [1.54, 1.807) is 4.90 Å². The van der Waals surface area contributed by atoms with Gasteiger partial charge in [-0.2, -0.15) is 0 Å². The average molecular weight is 501 g/mol. The van der Waals surface area contributed by atoms with Crippen LogP contribution >= 0.6 is 11.6 Å². The van der Waals surface area contributed by atoms with E-state index in [-0.39, 0.29) is 41.1 Å². The molecule has 5 nitrogen and oxygen atoms in total. The molecule has 1 amide bonds. The number of nitrogens with zero attached hydrogens (tertiary/aromatic N) is 3. The number of aromatic nitrogens is 2. The highest BCUT2D eigenvalue weighted by molar-refractivity contribution is 6.58. The number of rotatable bonds is 6. The monoisotopic (exact) mass is 502 g/mol. The van der Waals surface area contributed by atoms with Crippen LogP contribution in [0.2, 0.25) is 10.2 Å². The highest BCUT2D eigenvalue weighted by Crippen LogP contribution is 2.47. The van der Waals surface area contributed by atoms with Gasteiger partial charge < -0.3 is 10.2 Å². The van der Waals surface area contributed by atoms with Crippen LogP contribution in [0.25, 0.3) is 0 Å². The molecule has 3 rings (SSSR count). The molecule has 1 fully saturated rings. The SMILES string of the molecule is BC(B)(B)c1cnc(C(B)(B)NCC2(F)CC(B)(B)N(C(=O)c3ccc(F)c(Cl)c3)CC2(B)B)nc1. The quantitative estimate of drug-likeness (QED) is 0.401. The van der Waals surface area contributed by atoms with Crippen LogP contribution in [-0.2, 0) is 10.5 Å². The van der Waals surface area contributed by atoms with Gasteiger partial charge in [0.1, 0.15) is 64.4 Å². The molecule has 0 spiro atoms. The van der Waals surface area contributed by atoms with Crippen LogP contribution in [0.4, 0.5) is 8.78 Å². The Morgan fingerprint density at radius 2 is 1.69 bits per heavy atom. The molecule has 36 heavy (non-hydrogen) atoms. The number of alkyl halides is 1. The summed E-state index contributed by atoms with van der Waals surface area (Å²) in [6.07, 6.45) is 3.78. The van der Waals surface area contributed by atoms with Crippen molar-refractivity contribution in [1.29, 1.82) is 0 Å². The summed E-state index contributed by atoms with van der Waals surface area (Å²) in [6, 6.07) is 3.92. The number of amides is 1. The largest absolute Gasteiger partial charge is 0.350 e. The smallest absolute Gasteiger partial charge is 0.253 e. The Bertz CT molecular complexity index is 1150. The number of halogens is 3. The van der Waals surface area contributed by atoms with Gasteiger partial charge in [-0.1, -0.05) is 16.7 Å². The molecule has 2 aromatic rings. The van der Waals surface area contributed by atoms with Crippen molar-refractivity contribution in [2.75, 3.05) is 13.1 Å². The third-order valence-electron chi connectivity index (χ3n) is 7.51. The van der Waals surface area contributed by atoms with Gasteiger partial charge in [0.05, 0.1) is 28.6 Å². The standard InChI is InChI=1S/C19H30B9ClF2N4O/c20-16(21)8-35(13(36)9-1-2-12(30)11(29)3-9)17(22,23)6-15(16,31)7-34-19(27,28)14-32-4-10(5-33-14)18(24,25)26/h1-5,34H,6-8,20-28H2. The maximum absolute atomic E-state index is 16.8. The zero-order valence-electron chi connectivity index (χ0n) is 22.9. The van der Waals surface area contributed by atoms with E-state index in [9.17, 15) is 9.18 Å². The molecule has 2 heterocycles. The van der Waals surface area contributed by atoms with Gasteiger partial charge in [0.2, 0.25) is 0 Å². The van der Waals surface area contributed by atoms with E-state index in [0.717, 1.165) is 5.56 Å². The van der Waals surface area contributed by atoms with Gasteiger partial charge in [-0.05, 0) is 40.7 Å². The van der Waals surface area contributed by atoms with E-state index >= 15 is 4.39 Å². The predicted molar refractivity (Wildman–Crippen MR) is 167 cm³/mol. The summed E-state index contributed by atoms with van der Waals surface area (Å²) in [6.45, 7) is 0.272. The first kappa shape index (κ1) is 29.0. The fourth-order valence-electron chi connectivity index (χ4n) is 4.68. The van der Waals surface area contributed by atoms with Gasteiger partial charge in [0.25, 0.3) is 5.91 Å². The van der Waals surface area contributed by atoms with Crippen molar-refractivity contribution in [3.63, 3.8) is 0 Å². The number of hydrogen-bond acceptors (Lipinski definition) is 4. The van der Waals surface area contributed by atoms with Crippen LogP contribution in [0.1, 0.15) is 28.2 Å². The Labute approximate surface area is 226 Å². The first-order valence-corrected chi connectivity index (χ1v) is 12.7. The molecule has 1 atom stereocenters. The molecule has 180 valence electrons. The lowest BCUT2D eigenvalue weighted by atomic mass is 9.39. The van der Waals surface area contributed by atoms with Crippen LogP contribution in [0.15, 0.2) is 30.6 Å². The molecule has 1 N–H and O–H groups in total. The summed E-state index contributed by atoms with van der Waals surface area (Å²) in [7, 11) is 17.6. The van der Waals surface area contributed by atoms with Crippen molar-refractivity contribution in [3.05, 3.63) is 58.4 Å². The van der Waals surface area contributed by atoms with Gasteiger partial charge in [-0.3, -0.25) is 4.79 Å². The Morgan fingerprint density at radius 1 is 1.11 bits per heavy atom. The predicted octanol–water partition coefficient (Wildman–Crippen LogP) is -6.20. The summed E-state index contributed by atoms with van der Waals surface area (Å²) in [5, 5.41) is 0.899. The van der Waals surface area contributed by atoms with Gasteiger partial charge >= 0.3 is 0 Å². The normalized spacial score (nSPS) is 21.7. The minimum absolute atomic E-state index is 0.0562. The van der Waals surface area contributed by atoms with Crippen LogP contribution in [0.5, 0.6) is 0 Å². The molecule has 1 aromatic heterocycles. The average Bonchev–Trinajstić information content (AvgIpc) is 2.76. The molecule has 0 aliphatic carbocycles. The molecule has 1 unspecified atom stereocenters. The summed E-state index contributed by atoms with van der Waals surface area (Å²) < 4.78 is 30.4. The van der Waals surface area contributed by atoms with Gasteiger partial charge in [0.15, 0.2) is 0 Å². The minimum atomic E-state index is -1.61. The Morgan fingerprint density at radius 3 is 2.22 bits per heavy atom. The lowest BCUT2D eigenvalue weighted by Gasteiger charge is -2.57. The number of carbonyl (C=O) groups excluding carboxylic acids is 1. The van der Waals surface area contributed by atoms with Crippen molar-refractivity contribution < 1.29 is 13.6 Å². The molecule has 1 saturated heterocycles. The van der Waals surface area contributed by atoms with Crippen LogP contribution in [0, 0.1) is 5.82 Å². The van der Waals surface area contributed by atoms with Gasteiger partial charge in [0, 0.05) is 36.4 Å².